The van der Waals surface area contributed by atoms with Gasteiger partial charge in [-0.1, -0.05) is 30.3 Å². The van der Waals surface area contributed by atoms with Crippen LogP contribution in [0.2, 0.25) is 0 Å². The van der Waals surface area contributed by atoms with Crippen LogP contribution in [0.25, 0.3) is 0 Å². The molecule has 1 amide bonds. The Hall–Kier alpha value is -2.83. The molecule has 1 heterocycles. The number of hydrazine groups is 1. The van der Waals surface area contributed by atoms with Gasteiger partial charge in [-0.05, 0) is 19.4 Å². The number of hydrogen-bond donors (Lipinski definition) is 4. The Balaban J connectivity index is 1.95. The predicted octanol–water partition coefficient (Wildman–Crippen LogP) is 1.56. The summed E-state index contributed by atoms with van der Waals surface area (Å²) < 4.78 is 0. The van der Waals surface area contributed by atoms with Gasteiger partial charge >= 0.3 is 0 Å². The molecule has 0 saturated carbocycles. The van der Waals surface area contributed by atoms with Crippen LogP contribution in [0.15, 0.2) is 36.7 Å². The molecule has 0 aliphatic carbocycles. The standard InChI is InChI=1S/C15H20N6O/c1-10(2)19-14-13(16)15(18-9-17-14)21-20-12(22)8-11-6-4-3-5-7-11/h3-7,9-10H,8,16H2,1-2H3,(H,20,22)(H2,17,18,19,21). The Bertz CT molecular complexity index is 629. The summed E-state index contributed by atoms with van der Waals surface area (Å²) in [7, 11) is 0. The van der Waals surface area contributed by atoms with Crippen LogP contribution in [0.4, 0.5) is 17.3 Å². The summed E-state index contributed by atoms with van der Waals surface area (Å²) in [6, 6.07) is 9.67. The molecular weight excluding hydrogens is 280 g/mol. The second kappa shape index (κ2) is 7.26. The highest BCUT2D eigenvalue weighted by Gasteiger charge is 2.10. The molecule has 7 nitrogen and oxygen atoms in total. The van der Waals surface area contributed by atoms with Crippen molar-refractivity contribution in [3.05, 3.63) is 42.2 Å². The van der Waals surface area contributed by atoms with Crippen LogP contribution >= 0.6 is 0 Å². The van der Waals surface area contributed by atoms with Crippen LogP contribution in [-0.4, -0.2) is 21.9 Å². The van der Waals surface area contributed by atoms with Crippen molar-refractivity contribution in [2.24, 2.45) is 0 Å². The van der Waals surface area contributed by atoms with Crippen LogP contribution in [0.1, 0.15) is 19.4 Å². The second-order valence-corrected chi connectivity index (χ2v) is 5.12. The Morgan fingerprint density at radius 3 is 2.55 bits per heavy atom. The van der Waals surface area contributed by atoms with Crippen molar-refractivity contribution in [3.63, 3.8) is 0 Å². The van der Waals surface area contributed by atoms with Crippen LogP contribution < -0.4 is 21.9 Å². The smallest absolute Gasteiger partial charge is 0.242 e. The van der Waals surface area contributed by atoms with Gasteiger partial charge in [0.15, 0.2) is 11.6 Å². The molecule has 0 aliphatic heterocycles. The zero-order chi connectivity index (χ0) is 15.9. The van der Waals surface area contributed by atoms with Gasteiger partial charge in [-0.25, -0.2) is 9.97 Å². The maximum Gasteiger partial charge on any atom is 0.242 e. The lowest BCUT2D eigenvalue weighted by Crippen LogP contribution is -2.31. The average Bonchev–Trinajstić information content (AvgIpc) is 2.49. The number of nitrogens with zero attached hydrogens (tertiary/aromatic N) is 2. The fraction of sp³-hybridized carbons (Fsp3) is 0.267. The van der Waals surface area contributed by atoms with E-state index < -0.39 is 0 Å². The third-order valence-corrected chi connectivity index (χ3v) is 2.84. The Morgan fingerprint density at radius 1 is 1.18 bits per heavy atom. The molecule has 0 unspecified atom stereocenters. The third-order valence-electron chi connectivity index (χ3n) is 2.84. The first kappa shape index (κ1) is 15.6. The van der Waals surface area contributed by atoms with Crippen molar-refractivity contribution in [2.75, 3.05) is 16.5 Å². The van der Waals surface area contributed by atoms with Gasteiger partial charge in [0.2, 0.25) is 5.91 Å². The Labute approximate surface area is 129 Å². The molecule has 0 atom stereocenters. The number of rotatable bonds is 6. The highest BCUT2D eigenvalue weighted by Crippen LogP contribution is 2.22. The number of amides is 1. The largest absolute Gasteiger partial charge is 0.393 e. The number of hydrogen-bond acceptors (Lipinski definition) is 6. The van der Waals surface area contributed by atoms with E-state index in [1.807, 2.05) is 44.2 Å². The first-order valence-corrected chi connectivity index (χ1v) is 7.02. The molecule has 7 heteroatoms. The molecule has 0 aliphatic rings. The summed E-state index contributed by atoms with van der Waals surface area (Å²) in [6.45, 7) is 3.96. The molecule has 0 bridgehead atoms. The second-order valence-electron chi connectivity index (χ2n) is 5.12. The molecule has 0 saturated heterocycles. The van der Waals surface area contributed by atoms with Gasteiger partial charge in [0.1, 0.15) is 12.0 Å². The number of carbonyl (C=O) groups is 1. The number of nitrogen functional groups attached to an aromatic ring is 1. The van der Waals surface area contributed by atoms with Crippen LogP contribution in [0.5, 0.6) is 0 Å². The van der Waals surface area contributed by atoms with E-state index in [1.165, 1.54) is 6.33 Å². The number of anilines is 3. The van der Waals surface area contributed by atoms with E-state index in [-0.39, 0.29) is 18.4 Å². The number of benzene rings is 1. The lowest BCUT2D eigenvalue weighted by molar-refractivity contribution is -0.119. The quantitative estimate of drug-likeness (QED) is 0.604. The summed E-state index contributed by atoms with van der Waals surface area (Å²) in [5.74, 6) is 0.715. The number of nitrogens with two attached hydrogens (primary N) is 1. The van der Waals surface area contributed by atoms with E-state index in [9.17, 15) is 4.79 Å². The van der Waals surface area contributed by atoms with Crippen molar-refractivity contribution in [1.29, 1.82) is 0 Å². The predicted molar refractivity (Wildman–Crippen MR) is 87.1 cm³/mol. The van der Waals surface area contributed by atoms with E-state index in [0.29, 0.717) is 17.3 Å². The van der Waals surface area contributed by atoms with E-state index in [2.05, 4.69) is 26.1 Å². The number of nitrogens with one attached hydrogen (secondary N) is 3. The first-order valence-electron chi connectivity index (χ1n) is 7.02. The maximum atomic E-state index is 11.9. The van der Waals surface area contributed by atoms with Crippen molar-refractivity contribution in [3.8, 4) is 0 Å². The van der Waals surface area contributed by atoms with Gasteiger partial charge in [0.25, 0.3) is 0 Å². The van der Waals surface area contributed by atoms with Crippen molar-refractivity contribution in [1.82, 2.24) is 15.4 Å². The van der Waals surface area contributed by atoms with Crippen LogP contribution in [0.3, 0.4) is 0 Å². The van der Waals surface area contributed by atoms with Crippen LogP contribution in [-0.2, 0) is 11.2 Å². The molecule has 116 valence electrons. The summed E-state index contributed by atoms with van der Waals surface area (Å²) in [4.78, 5) is 20.0. The van der Waals surface area contributed by atoms with E-state index >= 15 is 0 Å². The topological polar surface area (TPSA) is 105 Å². The molecule has 1 aromatic heterocycles. The molecule has 0 radical (unpaired) electrons. The van der Waals surface area contributed by atoms with Gasteiger partial charge in [0, 0.05) is 6.04 Å². The summed E-state index contributed by atoms with van der Waals surface area (Å²) in [5.41, 5.74) is 12.6. The minimum absolute atomic E-state index is 0.178. The van der Waals surface area contributed by atoms with Crippen LogP contribution in [0, 0.1) is 0 Å². The van der Waals surface area contributed by atoms with E-state index in [1.54, 1.807) is 0 Å². The molecule has 2 aromatic rings. The zero-order valence-corrected chi connectivity index (χ0v) is 12.6. The highest BCUT2D eigenvalue weighted by atomic mass is 16.2. The third kappa shape index (κ3) is 4.34. The first-order chi connectivity index (χ1) is 10.6. The average molecular weight is 300 g/mol. The van der Waals surface area contributed by atoms with Gasteiger partial charge < -0.3 is 11.1 Å². The number of aromatic nitrogens is 2. The Kier molecular flexibility index (Phi) is 5.13. The molecule has 5 N–H and O–H groups in total. The van der Waals surface area contributed by atoms with E-state index in [4.69, 9.17) is 5.73 Å². The van der Waals surface area contributed by atoms with Gasteiger partial charge in [-0.3, -0.25) is 15.6 Å². The molecule has 0 spiro atoms. The molecule has 2 rings (SSSR count). The fourth-order valence-electron chi connectivity index (χ4n) is 1.84. The molecule has 22 heavy (non-hydrogen) atoms. The summed E-state index contributed by atoms with van der Waals surface area (Å²) >= 11 is 0. The SMILES string of the molecule is CC(C)Nc1ncnc(NNC(=O)Cc2ccccc2)c1N. The summed E-state index contributed by atoms with van der Waals surface area (Å²) in [6.07, 6.45) is 1.66. The van der Waals surface area contributed by atoms with Gasteiger partial charge in [-0.2, -0.15) is 0 Å². The van der Waals surface area contributed by atoms with Gasteiger partial charge in [-0.15, -0.1) is 0 Å². The maximum absolute atomic E-state index is 11.9. The monoisotopic (exact) mass is 300 g/mol. The zero-order valence-electron chi connectivity index (χ0n) is 12.6. The minimum atomic E-state index is -0.178. The van der Waals surface area contributed by atoms with Crippen molar-refractivity contribution < 1.29 is 4.79 Å². The lowest BCUT2D eigenvalue weighted by atomic mass is 10.1. The highest BCUT2D eigenvalue weighted by molar-refractivity contribution is 5.81. The normalized spacial score (nSPS) is 10.3. The van der Waals surface area contributed by atoms with E-state index in [0.717, 1.165) is 5.56 Å². The molecule has 1 aromatic carbocycles. The number of carbonyl (C=O) groups excluding carboxylic acids is 1. The molecule has 0 fully saturated rings. The molecular formula is C15H20N6O. The fourth-order valence-corrected chi connectivity index (χ4v) is 1.84. The van der Waals surface area contributed by atoms with Crippen molar-refractivity contribution >= 4 is 23.2 Å². The Morgan fingerprint density at radius 2 is 1.86 bits per heavy atom. The lowest BCUT2D eigenvalue weighted by Gasteiger charge is -2.14. The summed E-state index contributed by atoms with van der Waals surface area (Å²) in [5, 5.41) is 3.11. The van der Waals surface area contributed by atoms with Crippen molar-refractivity contribution in [2.45, 2.75) is 26.3 Å². The van der Waals surface area contributed by atoms with Gasteiger partial charge in [0.05, 0.1) is 6.42 Å². The minimum Gasteiger partial charge on any atom is -0.393 e.